The van der Waals surface area contributed by atoms with Crippen molar-refractivity contribution in [3.05, 3.63) is 101 Å². The van der Waals surface area contributed by atoms with E-state index in [0.29, 0.717) is 16.1 Å². The fourth-order valence-electron chi connectivity index (χ4n) is 5.09. The molecule has 276 valence electrons. The number of carboxylic acids is 1. The Morgan fingerprint density at radius 1 is 0.615 bits per heavy atom. The van der Waals surface area contributed by atoms with Gasteiger partial charge in [0.05, 0.1) is 13.0 Å². The van der Waals surface area contributed by atoms with Gasteiger partial charge in [-0.1, -0.05) is 66.2 Å². The minimum absolute atomic E-state index is 0.0229. The van der Waals surface area contributed by atoms with Gasteiger partial charge in [0.25, 0.3) is 0 Å². The van der Waals surface area contributed by atoms with Crippen molar-refractivity contribution in [2.75, 3.05) is 13.6 Å². The predicted octanol–water partition coefficient (Wildman–Crippen LogP) is 0.370. The van der Waals surface area contributed by atoms with Gasteiger partial charge in [0.1, 0.15) is 29.9 Å². The molecule has 0 bridgehead atoms. The zero-order valence-electron chi connectivity index (χ0n) is 28.5. The Kier molecular flexibility index (Phi) is 15.6. The predicted molar refractivity (Wildman–Crippen MR) is 190 cm³/mol. The van der Waals surface area contributed by atoms with Crippen molar-refractivity contribution in [2.24, 2.45) is 0 Å². The monoisotopic (exact) mass is 736 g/mol. The van der Waals surface area contributed by atoms with Gasteiger partial charge in [-0.05, 0) is 41.0 Å². The van der Waals surface area contributed by atoms with Gasteiger partial charge in [0.15, 0.2) is 0 Å². The molecule has 0 aliphatic heterocycles. The summed E-state index contributed by atoms with van der Waals surface area (Å²) in [5, 5.41) is 34.5. The maximum Gasteiger partial charge on any atom is 0.305 e. The summed E-state index contributed by atoms with van der Waals surface area (Å²) >= 11 is 5.95. The Bertz CT molecular complexity index is 1710. The number of carboxylic acid groups (broad SMARTS) is 1. The second-order valence-electron chi connectivity index (χ2n) is 11.8. The lowest BCUT2D eigenvalue weighted by molar-refractivity contribution is -0.141. The molecule has 3 rings (SSSR count). The molecule has 6 amide bonds. The molecule has 16 heteroatoms. The first kappa shape index (κ1) is 40.5. The fraction of sp³-hybridized carbons (Fsp3) is 0.306. The number of hydrogen-bond acceptors (Lipinski definition) is 8. The Morgan fingerprint density at radius 2 is 1.10 bits per heavy atom. The van der Waals surface area contributed by atoms with Crippen LogP contribution in [0.3, 0.4) is 0 Å². The lowest BCUT2D eigenvalue weighted by atomic mass is 10.0. The summed E-state index contributed by atoms with van der Waals surface area (Å²) in [7, 11) is 1.42. The van der Waals surface area contributed by atoms with E-state index in [1.165, 1.54) is 31.3 Å². The number of rotatable bonds is 18. The molecule has 15 nitrogen and oxygen atoms in total. The van der Waals surface area contributed by atoms with Gasteiger partial charge >= 0.3 is 5.97 Å². The van der Waals surface area contributed by atoms with Crippen molar-refractivity contribution in [3.8, 4) is 5.75 Å². The van der Waals surface area contributed by atoms with Crippen molar-refractivity contribution in [2.45, 2.75) is 56.8 Å². The van der Waals surface area contributed by atoms with Crippen molar-refractivity contribution in [3.63, 3.8) is 0 Å². The average Bonchev–Trinajstić information content (AvgIpc) is 3.10. The number of carbonyl (C=O) groups excluding carboxylic acids is 6. The Balaban J connectivity index is 1.80. The molecular formula is C36H41ClN6O9. The molecule has 0 spiro atoms. The van der Waals surface area contributed by atoms with Crippen molar-refractivity contribution in [1.29, 1.82) is 0 Å². The second-order valence-corrected chi connectivity index (χ2v) is 12.3. The summed E-state index contributed by atoms with van der Waals surface area (Å²) in [4.78, 5) is 89.2. The minimum Gasteiger partial charge on any atom is -0.508 e. The normalized spacial score (nSPS) is 12.9. The van der Waals surface area contributed by atoms with Gasteiger partial charge in [-0.3, -0.25) is 33.6 Å². The third-order valence-corrected chi connectivity index (χ3v) is 7.92. The smallest absolute Gasteiger partial charge is 0.305 e. The number of amides is 6. The maximum atomic E-state index is 13.8. The molecule has 0 saturated carbocycles. The van der Waals surface area contributed by atoms with E-state index in [2.05, 4.69) is 31.9 Å². The lowest BCUT2D eigenvalue weighted by Gasteiger charge is -2.25. The highest BCUT2D eigenvalue weighted by Crippen LogP contribution is 2.13. The molecule has 4 atom stereocenters. The van der Waals surface area contributed by atoms with Crippen LogP contribution in [0.4, 0.5) is 0 Å². The number of phenolic OH excluding ortho intramolecular Hbond substituents is 1. The largest absolute Gasteiger partial charge is 0.508 e. The van der Waals surface area contributed by atoms with E-state index in [1.54, 1.807) is 54.6 Å². The van der Waals surface area contributed by atoms with E-state index in [4.69, 9.17) is 11.6 Å². The second kappa shape index (κ2) is 20.0. The standard InChI is InChI=1S/C36H41ClN6O9/c1-21(44)40-30(19-32(47)48)36(52)43-29(18-24-10-14-26(45)15-11-24)35(51)42-28(16-22-6-4-3-5-7-22)34(50)39-20-31(46)41-27(33(49)38-2)17-23-8-12-25(37)13-9-23/h3-15,27-30,45H,16-20H2,1-2H3,(H,38,49)(H,39,50)(H,40,44)(H,41,46)(H,42,51)(H,43,52)(H,47,48)/t27-,28-,29-,30-/m0/s1. The first-order valence-corrected chi connectivity index (χ1v) is 16.6. The van der Waals surface area contributed by atoms with Gasteiger partial charge in [-0.2, -0.15) is 0 Å². The van der Waals surface area contributed by atoms with E-state index >= 15 is 0 Å². The van der Waals surface area contributed by atoms with Gasteiger partial charge in [0.2, 0.25) is 35.4 Å². The number of aromatic hydroxyl groups is 1. The third-order valence-electron chi connectivity index (χ3n) is 7.67. The highest BCUT2D eigenvalue weighted by Gasteiger charge is 2.31. The molecule has 0 fully saturated rings. The molecule has 3 aromatic rings. The molecule has 3 aromatic carbocycles. The molecular weight excluding hydrogens is 696 g/mol. The third kappa shape index (κ3) is 13.7. The average molecular weight is 737 g/mol. The van der Waals surface area contributed by atoms with E-state index in [0.717, 1.165) is 12.5 Å². The van der Waals surface area contributed by atoms with E-state index in [9.17, 15) is 43.8 Å². The summed E-state index contributed by atoms with van der Waals surface area (Å²) in [5.74, 6) is -5.77. The number of carbonyl (C=O) groups is 7. The molecule has 0 aromatic heterocycles. The molecule has 8 N–H and O–H groups in total. The van der Waals surface area contributed by atoms with Crippen LogP contribution >= 0.6 is 11.6 Å². The van der Waals surface area contributed by atoms with E-state index in [-0.39, 0.29) is 25.0 Å². The highest BCUT2D eigenvalue weighted by molar-refractivity contribution is 6.30. The van der Waals surface area contributed by atoms with Gasteiger partial charge in [-0.15, -0.1) is 0 Å². The van der Waals surface area contributed by atoms with Crippen LogP contribution < -0.4 is 31.9 Å². The number of hydrogen-bond donors (Lipinski definition) is 8. The molecule has 0 aliphatic rings. The lowest BCUT2D eigenvalue weighted by Crippen LogP contribution is -2.58. The number of halogens is 1. The van der Waals surface area contributed by atoms with Gasteiger partial charge in [-0.25, -0.2) is 0 Å². The molecule has 0 saturated heterocycles. The van der Waals surface area contributed by atoms with Crippen LogP contribution in [0, 0.1) is 0 Å². The maximum absolute atomic E-state index is 13.8. The van der Waals surface area contributed by atoms with Gasteiger partial charge in [0, 0.05) is 38.3 Å². The number of phenols is 1. The van der Waals surface area contributed by atoms with Crippen LogP contribution in [0.25, 0.3) is 0 Å². The number of nitrogens with one attached hydrogen (secondary N) is 6. The highest BCUT2D eigenvalue weighted by atomic mass is 35.5. The molecule has 0 heterocycles. The number of benzene rings is 3. The Morgan fingerprint density at radius 3 is 1.62 bits per heavy atom. The first-order valence-electron chi connectivity index (χ1n) is 16.2. The summed E-state index contributed by atoms with van der Waals surface area (Å²) in [5.41, 5.74) is 1.88. The molecule has 0 aliphatic carbocycles. The van der Waals surface area contributed by atoms with Gasteiger partial charge < -0.3 is 42.1 Å². The minimum atomic E-state index is -1.51. The Hall–Kier alpha value is -5.96. The molecule has 0 radical (unpaired) electrons. The number of likely N-dealkylation sites (N-methyl/N-ethyl adjacent to an activating group) is 1. The molecule has 52 heavy (non-hydrogen) atoms. The van der Waals surface area contributed by atoms with Crippen LogP contribution in [0.5, 0.6) is 5.75 Å². The topological polar surface area (TPSA) is 232 Å². The zero-order chi connectivity index (χ0) is 38.2. The molecule has 0 unspecified atom stereocenters. The fourth-order valence-corrected chi connectivity index (χ4v) is 5.21. The van der Waals surface area contributed by atoms with Crippen molar-refractivity contribution in [1.82, 2.24) is 31.9 Å². The quantitative estimate of drug-likeness (QED) is 0.0900. The van der Waals surface area contributed by atoms with E-state index < -0.39 is 78.5 Å². The SMILES string of the molecule is CNC(=O)[C@H](Cc1ccc(Cl)cc1)NC(=O)CNC(=O)[C@H](Cc1ccccc1)NC(=O)[C@H](Cc1ccc(O)cc1)NC(=O)[C@H](CC(=O)O)NC(C)=O. The van der Waals surface area contributed by atoms with Crippen molar-refractivity contribution >= 4 is 53.0 Å². The summed E-state index contributed by atoms with van der Waals surface area (Å²) in [6.07, 6.45) is -0.785. The van der Waals surface area contributed by atoms with Crippen LogP contribution in [-0.4, -0.2) is 89.4 Å². The summed E-state index contributed by atoms with van der Waals surface area (Å²) in [6, 6.07) is 16.1. The summed E-state index contributed by atoms with van der Waals surface area (Å²) in [6.45, 7) is 0.559. The van der Waals surface area contributed by atoms with Crippen LogP contribution in [0.15, 0.2) is 78.9 Å². The van der Waals surface area contributed by atoms with Crippen molar-refractivity contribution < 1.29 is 43.8 Å². The zero-order valence-corrected chi connectivity index (χ0v) is 29.2. The van der Waals surface area contributed by atoms with Crippen LogP contribution in [0.1, 0.15) is 30.0 Å². The van der Waals surface area contributed by atoms with Crippen LogP contribution in [-0.2, 0) is 52.8 Å². The summed E-state index contributed by atoms with van der Waals surface area (Å²) < 4.78 is 0. The van der Waals surface area contributed by atoms with Crippen LogP contribution in [0.2, 0.25) is 5.02 Å². The Labute approximate surface area is 304 Å². The number of aliphatic carboxylic acids is 1. The first-order chi connectivity index (χ1) is 24.7. The van der Waals surface area contributed by atoms with E-state index in [1.807, 2.05) is 0 Å².